The minimum Gasteiger partial charge on any atom is -0.478 e. The molecule has 0 aliphatic rings. The Morgan fingerprint density at radius 1 is 1.33 bits per heavy atom. The molecule has 0 unspecified atom stereocenters. The van der Waals surface area contributed by atoms with Gasteiger partial charge in [0.15, 0.2) is 5.82 Å². The van der Waals surface area contributed by atoms with Crippen LogP contribution in [0.1, 0.15) is 16.1 Å². The number of benzene rings is 1. The van der Waals surface area contributed by atoms with E-state index in [0.29, 0.717) is 10.3 Å². The van der Waals surface area contributed by atoms with Crippen molar-refractivity contribution in [2.24, 2.45) is 0 Å². The maximum absolute atomic E-state index is 10.8. The molecule has 1 aromatic heterocycles. The van der Waals surface area contributed by atoms with Crippen LogP contribution in [0.2, 0.25) is 0 Å². The molecule has 0 bridgehead atoms. The van der Waals surface area contributed by atoms with Crippen LogP contribution >= 0.6 is 15.9 Å². The van der Waals surface area contributed by atoms with Crippen molar-refractivity contribution in [1.82, 2.24) is 9.97 Å². The lowest BCUT2D eigenvalue weighted by Crippen LogP contribution is -2.00. The number of halogens is 1. The number of aromatic carboxylic acids is 1. The predicted octanol–water partition coefficient (Wildman–Crippen LogP) is 2.99. The van der Waals surface area contributed by atoms with E-state index in [4.69, 9.17) is 5.11 Å². The van der Waals surface area contributed by atoms with Gasteiger partial charge >= 0.3 is 5.97 Å². The van der Waals surface area contributed by atoms with Crippen molar-refractivity contribution in [3.8, 4) is 0 Å². The molecule has 2 N–H and O–H groups in total. The van der Waals surface area contributed by atoms with Crippen LogP contribution < -0.4 is 5.32 Å². The fourth-order valence-corrected chi connectivity index (χ4v) is 1.89. The molecular formula is C12H10BrN3O2. The molecule has 0 radical (unpaired) electrons. The third-order valence-electron chi connectivity index (χ3n) is 2.35. The van der Waals surface area contributed by atoms with Gasteiger partial charge in [-0.1, -0.05) is 0 Å². The van der Waals surface area contributed by atoms with Gasteiger partial charge in [0.05, 0.1) is 16.9 Å². The summed E-state index contributed by atoms with van der Waals surface area (Å²) < 4.78 is 0.660. The zero-order valence-electron chi connectivity index (χ0n) is 9.51. The maximum atomic E-state index is 10.8. The lowest BCUT2D eigenvalue weighted by molar-refractivity contribution is 0.0697. The Labute approximate surface area is 112 Å². The molecule has 0 saturated carbocycles. The van der Waals surface area contributed by atoms with Crippen molar-refractivity contribution in [2.45, 2.75) is 6.92 Å². The zero-order chi connectivity index (χ0) is 13.1. The molecule has 0 amide bonds. The van der Waals surface area contributed by atoms with Gasteiger partial charge in [0, 0.05) is 16.9 Å². The SMILES string of the molecule is Cc1nccnc1Nc1ccc(C(=O)O)cc1Br. The summed E-state index contributed by atoms with van der Waals surface area (Å²) in [6, 6.07) is 4.75. The molecule has 0 fully saturated rings. The first-order valence-electron chi connectivity index (χ1n) is 5.15. The molecule has 0 aliphatic carbocycles. The van der Waals surface area contributed by atoms with Crippen LogP contribution in [-0.2, 0) is 0 Å². The minimum atomic E-state index is -0.960. The van der Waals surface area contributed by atoms with Crippen molar-refractivity contribution in [3.05, 3.63) is 46.3 Å². The summed E-state index contributed by atoms with van der Waals surface area (Å²) in [6.07, 6.45) is 3.21. The van der Waals surface area contributed by atoms with E-state index >= 15 is 0 Å². The van der Waals surface area contributed by atoms with Gasteiger partial charge in [0.2, 0.25) is 0 Å². The van der Waals surface area contributed by atoms with E-state index in [1.807, 2.05) is 6.92 Å². The topological polar surface area (TPSA) is 75.1 Å². The van der Waals surface area contributed by atoms with Crippen LogP contribution in [0.15, 0.2) is 35.1 Å². The standard InChI is InChI=1S/C12H10BrN3O2/c1-7-11(15-5-4-14-7)16-10-3-2-8(12(17)18)6-9(10)13/h2-6H,1H3,(H,15,16)(H,17,18). The highest BCUT2D eigenvalue weighted by molar-refractivity contribution is 9.10. The summed E-state index contributed by atoms with van der Waals surface area (Å²) in [7, 11) is 0. The number of aromatic nitrogens is 2. The second-order valence-electron chi connectivity index (χ2n) is 3.62. The summed E-state index contributed by atoms with van der Waals surface area (Å²) in [6.45, 7) is 1.84. The van der Waals surface area contributed by atoms with Gasteiger partial charge in [-0.2, -0.15) is 0 Å². The van der Waals surface area contributed by atoms with E-state index in [2.05, 4.69) is 31.2 Å². The number of carboxylic acid groups (broad SMARTS) is 1. The Bertz CT molecular complexity index is 602. The number of hydrogen-bond donors (Lipinski definition) is 2. The molecule has 2 aromatic rings. The lowest BCUT2D eigenvalue weighted by atomic mass is 10.2. The van der Waals surface area contributed by atoms with E-state index in [1.54, 1.807) is 18.5 Å². The smallest absolute Gasteiger partial charge is 0.335 e. The Morgan fingerprint density at radius 3 is 2.67 bits per heavy atom. The zero-order valence-corrected chi connectivity index (χ0v) is 11.1. The van der Waals surface area contributed by atoms with Crippen molar-refractivity contribution in [1.29, 1.82) is 0 Å². The second kappa shape index (κ2) is 5.14. The van der Waals surface area contributed by atoms with Crippen molar-refractivity contribution in [2.75, 3.05) is 5.32 Å². The summed E-state index contributed by atoms with van der Waals surface area (Å²) in [5.74, 6) is -0.320. The number of anilines is 2. The first-order chi connectivity index (χ1) is 8.58. The molecule has 6 heteroatoms. The van der Waals surface area contributed by atoms with E-state index in [-0.39, 0.29) is 5.56 Å². The number of aryl methyl sites for hydroxylation is 1. The average Bonchev–Trinajstić information content (AvgIpc) is 2.34. The van der Waals surface area contributed by atoms with Gasteiger partial charge in [0.1, 0.15) is 0 Å². The van der Waals surface area contributed by atoms with E-state index in [9.17, 15) is 4.79 Å². The van der Waals surface area contributed by atoms with Gasteiger partial charge in [-0.25, -0.2) is 9.78 Å². The lowest BCUT2D eigenvalue weighted by Gasteiger charge is -2.09. The molecule has 0 atom stereocenters. The van der Waals surface area contributed by atoms with Crippen LogP contribution in [0.25, 0.3) is 0 Å². The maximum Gasteiger partial charge on any atom is 0.335 e. The number of rotatable bonds is 3. The fourth-order valence-electron chi connectivity index (χ4n) is 1.41. The van der Waals surface area contributed by atoms with Crippen LogP contribution in [0.5, 0.6) is 0 Å². The van der Waals surface area contributed by atoms with Gasteiger partial charge in [-0.05, 0) is 41.1 Å². The first kappa shape index (κ1) is 12.5. The quantitative estimate of drug-likeness (QED) is 0.911. The Balaban J connectivity index is 2.30. The third-order valence-corrected chi connectivity index (χ3v) is 3.01. The van der Waals surface area contributed by atoms with Gasteiger partial charge in [0.25, 0.3) is 0 Å². The largest absolute Gasteiger partial charge is 0.478 e. The van der Waals surface area contributed by atoms with Crippen LogP contribution in [-0.4, -0.2) is 21.0 Å². The number of carbonyl (C=O) groups is 1. The van der Waals surface area contributed by atoms with E-state index in [0.717, 1.165) is 11.4 Å². The molecule has 1 aromatic carbocycles. The summed E-state index contributed by atoms with van der Waals surface area (Å²) in [5, 5.41) is 12.0. The fraction of sp³-hybridized carbons (Fsp3) is 0.0833. The molecule has 92 valence electrons. The Kier molecular flexibility index (Phi) is 3.57. The summed E-state index contributed by atoms with van der Waals surface area (Å²) in [5.41, 5.74) is 1.73. The van der Waals surface area contributed by atoms with Crippen molar-refractivity contribution in [3.63, 3.8) is 0 Å². The highest BCUT2D eigenvalue weighted by Gasteiger charge is 2.08. The Morgan fingerprint density at radius 2 is 2.06 bits per heavy atom. The molecule has 18 heavy (non-hydrogen) atoms. The first-order valence-corrected chi connectivity index (χ1v) is 5.94. The summed E-state index contributed by atoms with van der Waals surface area (Å²) >= 11 is 3.32. The predicted molar refractivity (Wildman–Crippen MR) is 71.2 cm³/mol. The number of carboxylic acids is 1. The monoisotopic (exact) mass is 307 g/mol. The molecule has 0 aliphatic heterocycles. The normalized spacial score (nSPS) is 10.1. The second-order valence-corrected chi connectivity index (χ2v) is 4.47. The van der Waals surface area contributed by atoms with Gasteiger partial charge in [-0.15, -0.1) is 0 Å². The number of nitrogens with one attached hydrogen (secondary N) is 1. The highest BCUT2D eigenvalue weighted by atomic mass is 79.9. The molecule has 5 nitrogen and oxygen atoms in total. The van der Waals surface area contributed by atoms with Crippen molar-refractivity contribution < 1.29 is 9.90 Å². The molecule has 1 heterocycles. The number of hydrogen-bond acceptors (Lipinski definition) is 4. The number of nitrogens with zero attached hydrogens (tertiary/aromatic N) is 2. The van der Waals surface area contributed by atoms with E-state index in [1.165, 1.54) is 12.1 Å². The van der Waals surface area contributed by atoms with Crippen LogP contribution in [0.4, 0.5) is 11.5 Å². The van der Waals surface area contributed by atoms with Crippen LogP contribution in [0.3, 0.4) is 0 Å². The third kappa shape index (κ3) is 2.65. The average molecular weight is 308 g/mol. The highest BCUT2D eigenvalue weighted by Crippen LogP contribution is 2.26. The molecular weight excluding hydrogens is 298 g/mol. The molecule has 2 rings (SSSR count). The van der Waals surface area contributed by atoms with E-state index < -0.39 is 5.97 Å². The van der Waals surface area contributed by atoms with Gasteiger partial charge in [-0.3, -0.25) is 4.98 Å². The Hall–Kier alpha value is -1.95. The minimum absolute atomic E-state index is 0.225. The molecule has 0 spiro atoms. The van der Waals surface area contributed by atoms with Crippen LogP contribution in [0, 0.1) is 6.92 Å². The van der Waals surface area contributed by atoms with Crippen molar-refractivity contribution >= 4 is 33.4 Å². The summed E-state index contributed by atoms with van der Waals surface area (Å²) in [4.78, 5) is 19.1. The van der Waals surface area contributed by atoms with Gasteiger partial charge < -0.3 is 10.4 Å². The molecule has 0 saturated heterocycles.